The van der Waals surface area contributed by atoms with Crippen LogP contribution >= 0.6 is 0 Å². The summed E-state index contributed by atoms with van der Waals surface area (Å²) in [6.07, 6.45) is -0.507. The number of anilines is 2. The van der Waals surface area contributed by atoms with E-state index >= 15 is 0 Å². The zero-order valence-electron chi connectivity index (χ0n) is 11.3. The summed E-state index contributed by atoms with van der Waals surface area (Å²) in [5, 5.41) is 18.8. The van der Waals surface area contributed by atoms with Crippen molar-refractivity contribution in [1.82, 2.24) is 9.97 Å². The molecule has 0 atom stereocenters. The smallest absolute Gasteiger partial charge is 0.227 e. The lowest BCUT2D eigenvalue weighted by molar-refractivity contribution is 0.139. The molecule has 6 nitrogen and oxygen atoms in total. The first-order valence-corrected chi connectivity index (χ1v) is 6.78. The maximum Gasteiger partial charge on any atom is 0.227 e. The van der Waals surface area contributed by atoms with Gasteiger partial charge in [0.05, 0.1) is 17.9 Å². The quantitative estimate of drug-likeness (QED) is 0.798. The average molecular weight is 264 g/mol. The molecule has 1 aromatic heterocycles. The summed E-state index contributed by atoms with van der Waals surface area (Å²) in [6.45, 7) is 6.68. The standard InChI is InChI=1S/C13H20N4O2/c1-8(2)11-3-12(16-4-9(18)5-16)15-13(14-11)17-6-10(19)7-17/h3,8-10,18-19H,4-7H2,1-2H3. The molecule has 0 saturated carbocycles. The molecule has 0 radical (unpaired) electrons. The van der Waals surface area contributed by atoms with Gasteiger partial charge in [-0.15, -0.1) is 0 Å². The van der Waals surface area contributed by atoms with E-state index in [9.17, 15) is 10.2 Å². The number of aliphatic hydroxyl groups is 2. The Bertz CT molecular complexity index is 431. The van der Waals surface area contributed by atoms with E-state index in [2.05, 4.69) is 28.7 Å². The van der Waals surface area contributed by atoms with Crippen molar-refractivity contribution in [2.24, 2.45) is 0 Å². The number of hydrogen-bond acceptors (Lipinski definition) is 6. The monoisotopic (exact) mass is 264 g/mol. The maximum absolute atomic E-state index is 9.40. The predicted molar refractivity (Wildman–Crippen MR) is 72.6 cm³/mol. The molecule has 0 aromatic carbocycles. The van der Waals surface area contributed by atoms with Gasteiger partial charge in [0.1, 0.15) is 5.82 Å². The third kappa shape index (κ3) is 2.37. The summed E-state index contributed by atoms with van der Waals surface area (Å²) in [5.41, 5.74) is 1.00. The first kappa shape index (κ1) is 12.6. The molecule has 19 heavy (non-hydrogen) atoms. The summed E-state index contributed by atoms with van der Waals surface area (Å²) in [7, 11) is 0. The lowest BCUT2D eigenvalue weighted by Gasteiger charge is -2.39. The first-order chi connectivity index (χ1) is 9.02. The van der Waals surface area contributed by atoms with E-state index in [0.717, 1.165) is 11.5 Å². The summed E-state index contributed by atoms with van der Waals surface area (Å²) < 4.78 is 0. The average Bonchev–Trinajstić information content (AvgIpc) is 2.30. The molecule has 2 fully saturated rings. The highest BCUT2D eigenvalue weighted by atomic mass is 16.3. The molecule has 3 heterocycles. The Morgan fingerprint density at radius 3 is 2.16 bits per heavy atom. The van der Waals surface area contributed by atoms with Gasteiger partial charge in [-0.05, 0) is 5.92 Å². The van der Waals surface area contributed by atoms with Crippen LogP contribution in [0.15, 0.2) is 6.07 Å². The third-order valence-corrected chi connectivity index (χ3v) is 3.64. The van der Waals surface area contributed by atoms with Gasteiger partial charge >= 0.3 is 0 Å². The van der Waals surface area contributed by atoms with E-state index in [0.29, 0.717) is 38.0 Å². The van der Waals surface area contributed by atoms with Crippen molar-refractivity contribution in [3.05, 3.63) is 11.8 Å². The minimum atomic E-state index is -0.263. The van der Waals surface area contributed by atoms with Crippen molar-refractivity contribution < 1.29 is 10.2 Å². The predicted octanol–water partition coefficient (Wildman–Crippen LogP) is -0.0382. The van der Waals surface area contributed by atoms with Gasteiger partial charge in [-0.2, -0.15) is 4.98 Å². The minimum absolute atomic E-state index is 0.244. The fourth-order valence-corrected chi connectivity index (χ4v) is 2.30. The third-order valence-electron chi connectivity index (χ3n) is 3.64. The van der Waals surface area contributed by atoms with E-state index in [4.69, 9.17) is 0 Å². The molecule has 0 aliphatic carbocycles. The van der Waals surface area contributed by atoms with Gasteiger partial charge < -0.3 is 20.0 Å². The minimum Gasteiger partial charge on any atom is -0.389 e. The van der Waals surface area contributed by atoms with E-state index in [1.807, 2.05) is 11.0 Å². The number of β-amino-alcohol motifs (C(OH)–C–C–N with tert-alkyl or cyclic N) is 2. The van der Waals surface area contributed by atoms with Crippen LogP contribution in [0.3, 0.4) is 0 Å². The Morgan fingerprint density at radius 1 is 1.05 bits per heavy atom. The molecule has 1 aromatic rings. The Balaban J connectivity index is 1.86. The molecule has 2 aliphatic rings. The normalized spacial score (nSPS) is 20.7. The van der Waals surface area contributed by atoms with Crippen molar-refractivity contribution in [2.75, 3.05) is 36.0 Å². The molecule has 2 N–H and O–H groups in total. The largest absolute Gasteiger partial charge is 0.389 e. The second kappa shape index (κ2) is 4.61. The van der Waals surface area contributed by atoms with Crippen LogP contribution in [-0.4, -0.2) is 58.6 Å². The molecule has 6 heteroatoms. The molecule has 0 unspecified atom stereocenters. The van der Waals surface area contributed by atoms with Crippen molar-refractivity contribution in [3.8, 4) is 0 Å². The van der Waals surface area contributed by atoms with Gasteiger partial charge in [0, 0.05) is 32.2 Å². The summed E-state index contributed by atoms with van der Waals surface area (Å²) in [5.74, 6) is 1.89. The highest BCUT2D eigenvalue weighted by molar-refractivity contribution is 5.49. The maximum atomic E-state index is 9.40. The van der Waals surface area contributed by atoms with E-state index in [1.165, 1.54) is 0 Å². The summed E-state index contributed by atoms with van der Waals surface area (Å²) >= 11 is 0. The van der Waals surface area contributed by atoms with Crippen LogP contribution in [0.5, 0.6) is 0 Å². The number of nitrogens with zero attached hydrogens (tertiary/aromatic N) is 4. The van der Waals surface area contributed by atoms with Crippen LogP contribution in [0, 0.1) is 0 Å². The Hall–Kier alpha value is -1.40. The zero-order chi connectivity index (χ0) is 13.6. The van der Waals surface area contributed by atoms with E-state index in [-0.39, 0.29) is 12.2 Å². The fraction of sp³-hybridized carbons (Fsp3) is 0.692. The lowest BCUT2D eigenvalue weighted by Crippen LogP contribution is -2.53. The molecule has 3 rings (SSSR count). The van der Waals surface area contributed by atoms with Crippen LogP contribution in [0.1, 0.15) is 25.5 Å². The fourth-order valence-electron chi connectivity index (χ4n) is 2.30. The molecule has 104 valence electrons. The van der Waals surface area contributed by atoms with Crippen molar-refractivity contribution in [3.63, 3.8) is 0 Å². The van der Waals surface area contributed by atoms with Gasteiger partial charge in [-0.1, -0.05) is 13.8 Å². The second-order valence-corrected chi connectivity index (χ2v) is 5.72. The van der Waals surface area contributed by atoms with Gasteiger partial charge in [0.2, 0.25) is 5.95 Å². The van der Waals surface area contributed by atoms with Gasteiger partial charge in [-0.3, -0.25) is 0 Å². The molecule has 0 spiro atoms. The number of aromatic nitrogens is 2. The zero-order valence-corrected chi connectivity index (χ0v) is 11.3. The number of hydrogen-bond donors (Lipinski definition) is 2. The molecular weight excluding hydrogens is 244 g/mol. The van der Waals surface area contributed by atoms with Gasteiger partial charge in [0.25, 0.3) is 0 Å². The van der Waals surface area contributed by atoms with Crippen LogP contribution in [0.25, 0.3) is 0 Å². The summed E-state index contributed by atoms with van der Waals surface area (Å²) in [6, 6.07) is 2.00. The van der Waals surface area contributed by atoms with Crippen LogP contribution in [0.2, 0.25) is 0 Å². The van der Waals surface area contributed by atoms with Crippen molar-refractivity contribution >= 4 is 11.8 Å². The molecular formula is C13H20N4O2. The van der Waals surface area contributed by atoms with Crippen molar-refractivity contribution in [2.45, 2.75) is 32.0 Å². The lowest BCUT2D eigenvalue weighted by atomic mass is 10.1. The Morgan fingerprint density at radius 2 is 1.63 bits per heavy atom. The van der Waals surface area contributed by atoms with Gasteiger partial charge in [0.15, 0.2) is 0 Å². The molecule has 2 saturated heterocycles. The Labute approximate surface area is 112 Å². The van der Waals surface area contributed by atoms with Gasteiger partial charge in [-0.25, -0.2) is 4.98 Å². The summed E-state index contributed by atoms with van der Waals surface area (Å²) in [4.78, 5) is 13.1. The van der Waals surface area contributed by atoms with Crippen LogP contribution in [-0.2, 0) is 0 Å². The molecule has 0 bridgehead atoms. The van der Waals surface area contributed by atoms with E-state index in [1.54, 1.807) is 0 Å². The number of rotatable bonds is 3. The second-order valence-electron chi connectivity index (χ2n) is 5.72. The topological polar surface area (TPSA) is 72.7 Å². The number of aliphatic hydroxyl groups excluding tert-OH is 2. The SMILES string of the molecule is CC(C)c1cc(N2CC(O)C2)nc(N2CC(O)C2)n1. The Kier molecular flexibility index (Phi) is 3.06. The van der Waals surface area contributed by atoms with Crippen LogP contribution < -0.4 is 9.80 Å². The highest BCUT2D eigenvalue weighted by Crippen LogP contribution is 2.26. The first-order valence-electron chi connectivity index (χ1n) is 6.78. The van der Waals surface area contributed by atoms with E-state index < -0.39 is 0 Å². The van der Waals surface area contributed by atoms with Crippen molar-refractivity contribution in [1.29, 1.82) is 0 Å². The highest BCUT2D eigenvalue weighted by Gasteiger charge is 2.30. The molecule has 2 aliphatic heterocycles. The van der Waals surface area contributed by atoms with Crippen LogP contribution in [0.4, 0.5) is 11.8 Å². The molecule has 0 amide bonds.